The smallest absolute Gasteiger partial charge is 0.142 e. The number of Topliss-reactive ketones (excluding diaryl/α,β-unsaturated/α-hetero) is 1. The zero-order valence-corrected chi connectivity index (χ0v) is 10.6. The van der Waals surface area contributed by atoms with Crippen molar-refractivity contribution in [2.24, 2.45) is 16.7 Å². The summed E-state index contributed by atoms with van der Waals surface area (Å²) in [6.45, 7) is 3.27. The maximum atomic E-state index is 12.1. The Hall–Kier alpha value is -0.410. The quantitative estimate of drug-likeness (QED) is 0.784. The molecule has 2 bridgehead atoms. The van der Waals surface area contributed by atoms with E-state index < -0.39 is 5.41 Å². The number of hydrogen-bond donors (Lipinski definition) is 1. The van der Waals surface area contributed by atoms with Crippen LogP contribution >= 0.6 is 0 Å². The number of carbonyl (C=O) groups excluding carboxylic acids is 1. The SMILES string of the molecule is CN(C)CCC1(C)C2CC[C@]1(CO)C(=O)C2. The first-order valence-electron chi connectivity index (χ1n) is 6.25. The lowest BCUT2D eigenvalue weighted by molar-refractivity contribution is -0.133. The van der Waals surface area contributed by atoms with E-state index in [1.165, 1.54) is 0 Å². The van der Waals surface area contributed by atoms with Gasteiger partial charge in [-0.3, -0.25) is 4.79 Å². The molecule has 0 aromatic rings. The van der Waals surface area contributed by atoms with E-state index >= 15 is 0 Å². The van der Waals surface area contributed by atoms with Gasteiger partial charge in [-0.15, -0.1) is 0 Å². The number of fused-ring (bicyclic) bond motifs is 2. The molecule has 0 aliphatic heterocycles. The first-order chi connectivity index (χ1) is 7.46. The van der Waals surface area contributed by atoms with Gasteiger partial charge in [-0.05, 0) is 51.2 Å². The molecule has 3 atom stereocenters. The maximum absolute atomic E-state index is 12.1. The first kappa shape index (κ1) is 12.1. The van der Waals surface area contributed by atoms with Crippen LogP contribution in [-0.4, -0.2) is 43.0 Å². The van der Waals surface area contributed by atoms with Crippen LogP contribution in [-0.2, 0) is 4.79 Å². The van der Waals surface area contributed by atoms with E-state index in [1.807, 2.05) is 0 Å². The molecule has 0 spiro atoms. The molecule has 0 radical (unpaired) electrons. The molecule has 0 aromatic heterocycles. The highest BCUT2D eigenvalue weighted by atomic mass is 16.3. The molecule has 1 N–H and O–H groups in total. The second kappa shape index (κ2) is 3.81. The highest BCUT2D eigenvalue weighted by molar-refractivity contribution is 5.89. The molecule has 3 nitrogen and oxygen atoms in total. The summed E-state index contributed by atoms with van der Waals surface area (Å²) in [5.74, 6) is 0.819. The number of aliphatic hydroxyl groups excluding tert-OH is 1. The van der Waals surface area contributed by atoms with Gasteiger partial charge in [0.25, 0.3) is 0 Å². The van der Waals surface area contributed by atoms with Gasteiger partial charge < -0.3 is 10.0 Å². The molecular formula is C13H23NO2. The average Bonchev–Trinajstić information content (AvgIpc) is 2.62. The van der Waals surface area contributed by atoms with Gasteiger partial charge in [0.1, 0.15) is 5.78 Å². The third-order valence-electron chi connectivity index (χ3n) is 5.23. The molecule has 2 fully saturated rings. The second-order valence-electron chi connectivity index (χ2n) is 6.07. The minimum absolute atomic E-state index is 0.0309. The first-order valence-corrected chi connectivity index (χ1v) is 6.25. The summed E-state index contributed by atoms with van der Waals surface area (Å²) in [7, 11) is 4.13. The van der Waals surface area contributed by atoms with Crippen molar-refractivity contribution in [3.05, 3.63) is 0 Å². The largest absolute Gasteiger partial charge is 0.395 e. The van der Waals surface area contributed by atoms with Crippen LogP contribution < -0.4 is 0 Å². The zero-order valence-electron chi connectivity index (χ0n) is 10.6. The number of rotatable bonds is 4. The van der Waals surface area contributed by atoms with Crippen LogP contribution in [0.1, 0.15) is 32.6 Å². The maximum Gasteiger partial charge on any atom is 0.142 e. The number of hydrogen-bond acceptors (Lipinski definition) is 3. The fourth-order valence-electron chi connectivity index (χ4n) is 3.87. The normalized spacial score (nSPS) is 42.3. The van der Waals surface area contributed by atoms with Gasteiger partial charge in [0.15, 0.2) is 0 Å². The van der Waals surface area contributed by atoms with Crippen molar-refractivity contribution in [3.63, 3.8) is 0 Å². The third kappa shape index (κ3) is 1.37. The molecule has 3 heteroatoms. The number of aliphatic hydroxyl groups is 1. The van der Waals surface area contributed by atoms with Gasteiger partial charge in [-0.1, -0.05) is 6.92 Å². The third-order valence-corrected chi connectivity index (χ3v) is 5.23. The Balaban J connectivity index is 2.22. The van der Waals surface area contributed by atoms with Crippen molar-refractivity contribution in [2.75, 3.05) is 27.2 Å². The number of ketones is 1. The van der Waals surface area contributed by atoms with Gasteiger partial charge >= 0.3 is 0 Å². The fourth-order valence-corrected chi connectivity index (χ4v) is 3.87. The molecule has 0 amide bonds. The van der Waals surface area contributed by atoms with E-state index in [4.69, 9.17) is 0 Å². The van der Waals surface area contributed by atoms with Gasteiger partial charge in [0, 0.05) is 6.42 Å². The van der Waals surface area contributed by atoms with Crippen LogP contribution in [0.3, 0.4) is 0 Å². The molecule has 2 saturated carbocycles. The van der Waals surface area contributed by atoms with Crippen molar-refractivity contribution >= 4 is 5.78 Å². The Morgan fingerprint density at radius 2 is 2.19 bits per heavy atom. The van der Waals surface area contributed by atoms with Crippen LogP contribution in [0.2, 0.25) is 0 Å². The lowest BCUT2D eigenvalue weighted by Crippen LogP contribution is -2.42. The van der Waals surface area contributed by atoms with Crippen molar-refractivity contribution in [1.82, 2.24) is 4.90 Å². The van der Waals surface area contributed by atoms with E-state index in [-0.39, 0.29) is 12.0 Å². The van der Waals surface area contributed by atoms with Crippen molar-refractivity contribution < 1.29 is 9.90 Å². The van der Waals surface area contributed by atoms with Crippen LogP contribution in [0, 0.1) is 16.7 Å². The van der Waals surface area contributed by atoms with Crippen molar-refractivity contribution in [1.29, 1.82) is 0 Å². The predicted molar refractivity (Wildman–Crippen MR) is 63.1 cm³/mol. The number of nitrogens with zero attached hydrogens (tertiary/aromatic N) is 1. The highest BCUT2D eigenvalue weighted by Gasteiger charge is 2.65. The van der Waals surface area contributed by atoms with Crippen LogP contribution in [0.4, 0.5) is 0 Å². The van der Waals surface area contributed by atoms with E-state index in [2.05, 4.69) is 25.9 Å². The van der Waals surface area contributed by atoms with E-state index in [9.17, 15) is 9.90 Å². The molecule has 2 rings (SSSR count). The second-order valence-corrected chi connectivity index (χ2v) is 6.07. The molecule has 92 valence electrons. The van der Waals surface area contributed by atoms with Gasteiger partial charge in [-0.25, -0.2) is 0 Å². The van der Waals surface area contributed by atoms with E-state index in [1.54, 1.807) is 0 Å². The summed E-state index contributed by atoms with van der Waals surface area (Å²) < 4.78 is 0. The summed E-state index contributed by atoms with van der Waals surface area (Å²) in [5, 5.41) is 9.68. The molecule has 16 heavy (non-hydrogen) atoms. The van der Waals surface area contributed by atoms with Gasteiger partial charge in [0.05, 0.1) is 12.0 Å². The van der Waals surface area contributed by atoms with Crippen molar-refractivity contribution in [2.45, 2.75) is 32.6 Å². The summed E-state index contributed by atoms with van der Waals surface area (Å²) >= 11 is 0. The van der Waals surface area contributed by atoms with Crippen LogP contribution in [0.15, 0.2) is 0 Å². The van der Waals surface area contributed by atoms with Gasteiger partial charge in [0.2, 0.25) is 0 Å². The number of carbonyl (C=O) groups is 1. The van der Waals surface area contributed by atoms with E-state index in [0.717, 1.165) is 25.8 Å². The lowest BCUT2D eigenvalue weighted by Gasteiger charge is -2.39. The Morgan fingerprint density at radius 1 is 1.50 bits per heavy atom. The molecule has 0 heterocycles. The van der Waals surface area contributed by atoms with Gasteiger partial charge in [-0.2, -0.15) is 0 Å². The monoisotopic (exact) mass is 225 g/mol. The average molecular weight is 225 g/mol. The topological polar surface area (TPSA) is 40.5 Å². The Kier molecular flexibility index (Phi) is 2.87. The molecule has 0 aromatic carbocycles. The van der Waals surface area contributed by atoms with Crippen LogP contribution in [0.25, 0.3) is 0 Å². The minimum atomic E-state index is -0.409. The van der Waals surface area contributed by atoms with E-state index in [0.29, 0.717) is 18.1 Å². The predicted octanol–water partition coefficient (Wildman–Crippen LogP) is 1.31. The Labute approximate surface area is 97.8 Å². The highest BCUT2D eigenvalue weighted by Crippen LogP contribution is 2.65. The lowest BCUT2D eigenvalue weighted by atomic mass is 9.66. The molecular weight excluding hydrogens is 202 g/mol. The summed E-state index contributed by atoms with van der Waals surface area (Å²) in [6.07, 6.45) is 3.74. The van der Waals surface area contributed by atoms with Crippen molar-refractivity contribution in [3.8, 4) is 0 Å². The molecule has 0 saturated heterocycles. The summed E-state index contributed by atoms with van der Waals surface area (Å²) in [6, 6.07) is 0. The minimum Gasteiger partial charge on any atom is -0.395 e. The zero-order chi connectivity index (χ0) is 12.0. The fraction of sp³-hybridized carbons (Fsp3) is 0.923. The molecule has 2 aliphatic carbocycles. The van der Waals surface area contributed by atoms with Crippen LogP contribution in [0.5, 0.6) is 0 Å². The standard InChI is InChI=1S/C13H23NO2/c1-12(6-7-14(2)3)10-4-5-13(12,9-15)11(16)8-10/h10,15H,4-9H2,1-3H3/t10?,12?,13-/m0/s1. The Morgan fingerprint density at radius 3 is 2.69 bits per heavy atom. The molecule has 2 aliphatic rings. The summed E-state index contributed by atoms with van der Waals surface area (Å²) in [4.78, 5) is 14.2. The summed E-state index contributed by atoms with van der Waals surface area (Å²) in [5.41, 5.74) is -0.378. The molecule has 2 unspecified atom stereocenters. The Bertz CT molecular complexity index is 302.